The van der Waals surface area contributed by atoms with Crippen LogP contribution < -0.4 is 14.8 Å². The maximum atomic E-state index is 6.07. The van der Waals surface area contributed by atoms with Gasteiger partial charge in [-0.25, -0.2) is 0 Å². The molecule has 4 heteroatoms. The highest BCUT2D eigenvalue weighted by Gasteiger charge is 2.44. The van der Waals surface area contributed by atoms with E-state index in [0.29, 0.717) is 0 Å². The highest BCUT2D eigenvalue weighted by atomic mass is 79.9. The van der Waals surface area contributed by atoms with Crippen LogP contribution in [0.25, 0.3) is 0 Å². The van der Waals surface area contributed by atoms with Crippen molar-refractivity contribution in [2.75, 3.05) is 13.6 Å². The zero-order valence-corrected chi connectivity index (χ0v) is 12.2. The lowest BCUT2D eigenvalue weighted by atomic mass is 10.1. The molecule has 2 aliphatic rings. The summed E-state index contributed by atoms with van der Waals surface area (Å²) in [7, 11) is 1.97. The zero-order chi connectivity index (χ0) is 12.6. The number of rotatable bonds is 3. The second-order valence-electron chi connectivity index (χ2n) is 5.07. The molecule has 1 aliphatic heterocycles. The van der Waals surface area contributed by atoms with Crippen molar-refractivity contribution in [2.45, 2.75) is 37.9 Å². The number of benzene rings is 1. The lowest BCUT2D eigenvalue weighted by Crippen LogP contribution is -2.34. The molecule has 1 saturated carbocycles. The van der Waals surface area contributed by atoms with Gasteiger partial charge < -0.3 is 14.8 Å². The quantitative estimate of drug-likeness (QED) is 0.929. The molecule has 1 spiro atoms. The molecule has 0 saturated heterocycles. The third-order valence-corrected chi connectivity index (χ3v) is 4.45. The monoisotopic (exact) mass is 311 g/mol. The minimum Gasteiger partial charge on any atom is -0.448 e. The van der Waals surface area contributed by atoms with Crippen molar-refractivity contribution >= 4 is 15.9 Å². The fraction of sp³-hybridized carbons (Fsp3) is 0.571. The SMILES string of the molecule is CNCCc1cc2c(cc1Br)OC1(CCCC1)O2. The molecule has 3 rings (SSSR count). The summed E-state index contributed by atoms with van der Waals surface area (Å²) in [6.45, 7) is 0.962. The summed E-state index contributed by atoms with van der Waals surface area (Å²) in [5.74, 6) is 1.44. The summed E-state index contributed by atoms with van der Waals surface area (Å²) >= 11 is 3.61. The van der Waals surface area contributed by atoms with Gasteiger partial charge in [0, 0.05) is 17.3 Å². The Morgan fingerprint density at radius 3 is 2.56 bits per heavy atom. The van der Waals surface area contributed by atoms with E-state index in [-0.39, 0.29) is 5.79 Å². The Labute approximate surface area is 116 Å². The lowest BCUT2D eigenvalue weighted by Gasteiger charge is -2.21. The van der Waals surface area contributed by atoms with Gasteiger partial charge in [-0.05, 0) is 50.6 Å². The zero-order valence-electron chi connectivity index (χ0n) is 10.6. The third-order valence-electron chi connectivity index (χ3n) is 3.71. The fourth-order valence-electron chi connectivity index (χ4n) is 2.73. The van der Waals surface area contributed by atoms with Gasteiger partial charge in [0.25, 0.3) is 5.79 Å². The van der Waals surface area contributed by atoms with Gasteiger partial charge in [-0.1, -0.05) is 15.9 Å². The van der Waals surface area contributed by atoms with Crippen LogP contribution in [0.5, 0.6) is 11.5 Å². The number of likely N-dealkylation sites (N-methyl/N-ethyl adjacent to an activating group) is 1. The van der Waals surface area contributed by atoms with Crippen LogP contribution in [-0.2, 0) is 6.42 Å². The molecule has 98 valence electrons. The molecule has 1 aromatic carbocycles. The van der Waals surface area contributed by atoms with Crippen LogP contribution in [0.1, 0.15) is 31.2 Å². The van der Waals surface area contributed by atoms with Crippen molar-refractivity contribution in [3.63, 3.8) is 0 Å². The van der Waals surface area contributed by atoms with Crippen LogP contribution in [0.15, 0.2) is 16.6 Å². The fourth-order valence-corrected chi connectivity index (χ4v) is 3.25. The summed E-state index contributed by atoms with van der Waals surface area (Å²) in [4.78, 5) is 0. The van der Waals surface area contributed by atoms with E-state index in [0.717, 1.165) is 41.8 Å². The van der Waals surface area contributed by atoms with Crippen LogP contribution in [0, 0.1) is 0 Å². The van der Waals surface area contributed by atoms with E-state index < -0.39 is 0 Å². The molecule has 0 aromatic heterocycles. The average molecular weight is 312 g/mol. The molecule has 18 heavy (non-hydrogen) atoms. The number of halogens is 1. The number of hydrogen-bond donors (Lipinski definition) is 1. The van der Waals surface area contributed by atoms with Crippen molar-refractivity contribution in [3.8, 4) is 11.5 Å². The molecule has 3 nitrogen and oxygen atoms in total. The Morgan fingerprint density at radius 2 is 1.89 bits per heavy atom. The van der Waals surface area contributed by atoms with Gasteiger partial charge >= 0.3 is 0 Å². The van der Waals surface area contributed by atoms with E-state index >= 15 is 0 Å². The first-order valence-corrected chi connectivity index (χ1v) is 7.37. The molecule has 0 radical (unpaired) electrons. The molecule has 1 heterocycles. The van der Waals surface area contributed by atoms with Crippen LogP contribution in [0.4, 0.5) is 0 Å². The molecule has 1 fully saturated rings. The molecule has 1 aromatic rings. The summed E-state index contributed by atoms with van der Waals surface area (Å²) < 4.78 is 13.2. The average Bonchev–Trinajstić information content (AvgIpc) is 2.93. The van der Waals surface area contributed by atoms with Gasteiger partial charge in [0.2, 0.25) is 0 Å². The molecule has 0 bridgehead atoms. The first kappa shape index (κ1) is 12.3. The largest absolute Gasteiger partial charge is 0.448 e. The van der Waals surface area contributed by atoms with E-state index in [9.17, 15) is 0 Å². The normalized spacial score (nSPS) is 19.7. The molecule has 1 N–H and O–H groups in total. The minimum absolute atomic E-state index is 0.358. The second-order valence-corrected chi connectivity index (χ2v) is 5.92. The standard InChI is InChI=1S/C14H18BrNO2/c1-16-7-4-10-8-12-13(9-11(10)15)18-14(17-12)5-2-3-6-14/h8-9,16H,2-7H2,1H3. The minimum atomic E-state index is -0.358. The predicted octanol–water partition coefficient (Wildman–Crippen LogP) is 3.25. The Hall–Kier alpha value is -0.740. The summed E-state index contributed by atoms with van der Waals surface area (Å²) in [5, 5.41) is 3.17. The summed E-state index contributed by atoms with van der Waals surface area (Å²) in [6.07, 6.45) is 5.39. The Kier molecular flexibility index (Phi) is 3.24. The number of fused-ring (bicyclic) bond motifs is 1. The van der Waals surface area contributed by atoms with E-state index in [1.165, 1.54) is 18.4 Å². The predicted molar refractivity (Wildman–Crippen MR) is 74.2 cm³/mol. The number of ether oxygens (including phenoxy) is 2. The Morgan fingerprint density at radius 1 is 1.22 bits per heavy atom. The van der Waals surface area contributed by atoms with Crippen LogP contribution in [0.2, 0.25) is 0 Å². The van der Waals surface area contributed by atoms with Crippen molar-refractivity contribution in [2.24, 2.45) is 0 Å². The second kappa shape index (κ2) is 4.74. The maximum absolute atomic E-state index is 6.07. The Bertz CT molecular complexity index is 455. The van der Waals surface area contributed by atoms with E-state index in [2.05, 4.69) is 27.3 Å². The summed E-state index contributed by atoms with van der Waals surface area (Å²) in [6, 6.07) is 4.16. The van der Waals surface area contributed by atoms with E-state index in [4.69, 9.17) is 9.47 Å². The van der Waals surface area contributed by atoms with Crippen molar-refractivity contribution in [1.29, 1.82) is 0 Å². The summed E-state index contributed by atoms with van der Waals surface area (Å²) in [5.41, 5.74) is 1.27. The van der Waals surface area contributed by atoms with E-state index in [1.807, 2.05) is 13.1 Å². The molecule has 0 unspecified atom stereocenters. The van der Waals surface area contributed by atoms with Crippen molar-refractivity contribution < 1.29 is 9.47 Å². The molecular formula is C14H18BrNO2. The third kappa shape index (κ3) is 2.12. The van der Waals surface area contributed by atoms with Crippen molar-refractivity contribution in [3.05, 3.63) is 22.2 Å². The number of nitrogens with one attached hydrogen (secondary N) is 1. The van der Waals surface area contributed by atoms with Crippen molar-refractivity contribution in [1.82, 2.24) is 5.32 Å². The molecule has 1 aliphatic carbocycles. The van der Waals surface area contributed by atoms with E-state index in [1.54, 1.807) is 0 Å². The molecule has 0 atom stereocenters. The van der Waals surface area contributed by atoms with Gasteiger partial charge in [0.05, 0.1) is 0 Å². The smallest absolute Gasteiger partial charge is 0.251 e. The van der Waals surface area contributed by atoms with Gasteiger partial charge in [-0.3, -0.25) is 0 Å². The van der Waals surface area contributed by atoms with Gasteiger partial charge in [0.15, 0.2) is 11.5 Å². The first-order valence-electron chi connectivity index (χ1n) is 6.57. The van der Waals surface area contributed by atoms with Crippen LogP contribution in [-0.4, -0.2) is 19.4 Å². The van der Waals surface area contributed by atoms with Gasteiger partial charge in [-0.2, -0.15) is 0 Å². The molecular weight excluding hydrogens is 294 g/mol. The van der Waals surface area contributed by atoms with Crippen LogP contribution in [0.3, 0.4) is 0 Å². The first-order chi connectivity index (χ1) is 8.72. The topological polar surface area (TPSA) is 30.5 Å². The highest BCUT2D eigenvalue weighted by molar-refractivity contribution is 9.10. The number of hydrogen-bond acceptors (Lipinski definition) is 3. The Balaban J connectivity index is 1.85. The highest BCUT2D eigenvalue weighted by Crippen LogP contribution is 2.48. The maximum Gasteiger partial charge on any atom is 0.251 e. The van der Waals surface area contributed by atoms with Crippen LogP contribution >= 0.6 is 15.9 Å². The van der Waals surface area contributed by atoms with Gasteiger partial charge in [0.1, 0.15) is 0 Å². The lowest BCUT2D eigenvalue weighted by molar-refractivity contribution is -0.0716. The van der Waals surface area contributed by atoms with Gasteiger partial charge in [-0.15, -0.1) is 0 Å². The molecule has 0 amide bonds.